The number of rotatable bonds is 5. The maximum atomic E-state index is 12.3. The lowest BCUT2D eigenvalue weighted by Crippen LogP contribution is -2.37. The molecule has 132 valence electrons. The van der Waals surface area contributed by atoms with Crippen molar-refractivity contribution in [3.8, 4) is 0 Å². The number of amides is 1. The molecule has 1 unspecified atom stereocenters. The van der Waals surface area contributed by atoms with Crippen LogP contribution in [-0.4, -0.2) is 29.5 Å². The molecule has 1 fully saturated rings. The summed E-state index contributed by atoms with van der Waals surface area (Å²) in [5.41, 5.74) is 2.94. The Morgan fingerprint density at radius 2 is 2.00 bits per heavy atom. The third-order valence-electron chi connectivity index (χ3n) is 4.41. The minimum Gasteiger partial charge on any atom is -0.464 e. The average molecular weight is 350 g/mol. The van der Waals surface area contributed by atoms with Gasteiger partial charge in [-0.1, -0.05) is 30.3 Å². The number of hydrogen-bond donors (Lipinski definition) is 1. The fourth-order valence-electron chi connectivity index (χ4n) is 2.99. The van der Waals surface area contributed by atoms with Crippen LogP contribution >= 0.6 is 0 Å². The Morgan fingerprint density at radius 1 is 1.15 bits per heavy atom. The van der Waals surface area contributed by atoms with Crippen molar-refractivity contribution in [2.24, 2.45) is 0 Å². The monoisotopic (exact) mass is 350 g/mol. The standard InChI is InChI=1S/C20H18N2O4/c23-19(22-15-10-11-25-20(15)24)14-7-8-17-16(12-14)21-18(26-17)9-6-13-4-2-1-3-5-13/h1-5,7-8,12,15H,6,9-11H2,(H,22,23). The van der Waals surface area contributed by atoms with Crippen LogP contribution in [0.4, 0.5) is 0 Å². The summed E-state index contributed by atoms with van der Waals surface area (Å²) in [5.74, 6) is -0.0607. The lowest BCUT2D eigenvalue weighted by atomic mass is 10.1. The molecule has 26 heavy (non-hydrogen) atoms. The zero-order chi connectivity index (χ0) is 17.9. The van der Waals surface area contributed by atoms with Crippen LogP contribution in [0.5, 0.6) is 0 Å². The smallest absolute Gasteiger partial charge is 0.328 e. The molecule has 1 atom stereocenters. The van der Waals surface area contributed by atoms with Gasteiger partial charge in [-0.05, 0) is 30.2 Å². The van der Waals surface area contributed by atoms with E-state index in [4.69, 9.17) is 9.15 Å². The van der Waals surface area contributed by atoms with Crippen LogP contribution in [0.3, 0.4) is 0 Å². The number of cyclic esters (lactones) is 1. The van der Waals surface area contributed by atoms with Gasteiger partial charge in [0.2, 0.25) is 0 Å². The summed E-state index contributed by atoms with van der Waals surface area (Å²) in [6, 6.07) is 14.6. The van der Waals surface area contributed by atoms with E-state index in [-0.39, 0.29) is 11.9 Å². The summed E-state index contributed by atoms with van der Waals surface area (Å²) in [6.07, 6.45) is 2.03. The SMILES string of the molecule is O=C(NC1CCOC1=O)c1ccc2oc(CCc3ccccc3)nc2c1. The number of fused-ring (bicyclic) bond motifs is 1. The molecule has 6 heteroatoms. The van der Waals surface area contributed by atoms with Crippen molar-refractivity contribution in [3.63, 3.8) is 0 Å². The van der Waals surface area contributed by atoms with Crippen molar-refractivity contribution >= 4 is 23.0 Å². The highest BCUT2D eigenvalue weighted by Crippen LogP contribution is 2.19. The quantitative estimate of drug-likeness (QED) is 0.716. The van der Waals surface area contributed by atoms with E-state index in [1.807, 2.05) is 18.2 Å². The maximum Gasteiger partial charge on any atom is 0.328 e. The highest BCUT2D eigenvalue weighted by Gasteiger charge is 2.28. The first-order valence-corrected chi connectivity index (χ1v) is 8.60. The molecule has 0 aliphatic carbocycles. The first-order valence-electron chi connectivity index (χ1n) is 8.60. The van der Waals surface area contributed by atoms with Gasteiger partial charge >= 0.3 is 5.97 Å². The number of oxazole rings is 1. The highest BCUT2D eigenvalue weighted by atomic mass is 16.5. The first-order chi connectivity index (χ1) is 12.7. The van der Waals surface area contributed by atoms with Gasteiger partial charge in [-0.25, -0.2) is 9.78 Å². The van der Waals surface area contributed by atoms with E-state index in [1.165, 1.54) is 5.56 Å². The number of carbonyl (C=O) groups is 2. The second-order valence-electron chi connectivity index (χ2n) is 6.26. The van der Waals surface area contributed by atoms with E-state index in [9.17, 15) is 9.59 Å². The molecule has 1 N–H and O–H groups in total. The molecule has 0 radical (unpaired) electrons. The van der Waals surface area contributed by atoms with Crippen LogP contribution in [-0.2, 0) is 22.4 Å². The van der Waals surface area contributed by atoms with Crippen molar-refractivity contribution in [2.75, 3.05) is 6.61 Å². The number of nitrogens with zero attached hydrogens (tertiary/aromatic N) is 1. The van der Waals surface area contributed by atoms with Crippen molar-refractivity contribution in [3.05, 3.63) is 65.5 Å². The Labute approximate surface area is 150 Å². The molecular formula is C20H18N2O4. The third-order valence-corrected chi connectivity index (χ3v) is 4.41. The van der Waals surface area contributed by atoms with Gasteiger partial charge in [-0.3, -0.25) is 4.79 Å². The Bertz CT molecular complexity index is 949. The Balaban J connectivity index is 1.46. The molecule has 1 saturated heterocycles. The number of ether oxygens (including phenoxy) is 1. The van der Waals surface area contributed by atoms with Gasteiger partial charge in [-0.15, -0.1) is 0 Å². The predicted molar refractivity (Wildman–Crippen MR) is 94.7 cm³/mol. The molecule has 3 aromatic rings. The largest absolute Gasteiger partial charge is 0.464 e. The normalized spacial score (nSPS) is 16.6. The second kappa shape index (κ2) is 7.00. The summed E-state index contributed by atoms with van der Waals surface area (Å²) in [7, 11) is 0. The van der Waals surface area contributed by atoms with Crippen LogP contribution in [0.2, 0.25) is 0 Å². The van der Waals surface area contributed by atoms with Gasteiger partial charge in [0, 0.05) is 18.4 Å². The van der Waals surface area contributed by atoms with E-state index < -0.39 is 6.04 Å². The summed E-state index contributed by atoms with van der Waals surface area (Å²) in [5, 5.41) is 2.69. The highest BCUT2D eigenvalue weighted by molar-refractivity contribution is 5.99. The number of hydrogen-bond acceptors (Lipinski definition) is 5. The van der Waals surface area contributed by atoms with Gasteiger partial charge < -0.3 is 14.5 Å². The van der Waals surface area contributed by atoms with Gasteiger partial charge in [0.05, 0.1) is 6.61 Å². The molecular weight excluding hydrogens is 332 g/mol. The van der Waals surface area contributed by atoms with E-state index in [0.29, 0.717) is 42.0 Å². The van der Waals surface area contributed by atoms with Crippen LogP contribution in [0.25, 0.3) is 11.1 Å². The lowest BCUT2D eigenvalue weighted by molar-refractivity contribution is -0.139. The van der Waals surface area contributed by atoms with E-state index in [1.54, 1.807) is 18.2 Å². The minimum absolute atomic E-state index is 0.315. The number of aromatic nitrogens is 1. The molecule has 6 nitrogen and oxygen atoms in total. The summed E-state index contributed by atoms with van der Waals surface area (Å²) in [6.45, 7) is 0.344. The van der Waals surface area contributed by atoms with E-state index in [2.05, 4.69) is 22.4 Å². The first kappa shape index (κ1) is 16.3. The second-order valence-corrected chi connectivity index (χ2v) is 6.26. The Hall–Kier alpha value is -3.15. The third kappa shape index (κ3) is 3.44. The summed E-state index contributed by atoms with van der Waals surface area (Å²) >= 11 is 0. The van der Waals surface area contributed by atoms with Crippen LogP contribution in [0.15, 0.2) is 52.9 Å². The van der Waals surface area contributed by atoms with Gasteiger partial charge in [-0.2, -0.15) is 0 Å². The number of benzene rings is 2. The van der Waals surface area contributed by atoms with Crippen LogP contribution in [0, 0.1) is 0 Å². The van der Waals surface area contributed by atoms with Crippen molar-refractivity contribution in [2.45, 2.75) is 25.3 Å². The summed E-state index contributed by atoms with van der Waals surface area (Å²) in [4.78, 5) is 28.3. The van der Waals surface area contributed by atoms with Crippen molar-refractivity contribution in [1.82, 2.24) is 10.3 Å². The molecule has 0 bridgehead atoms. The molecule has 4 rings (SSSR count). The molecule has 1 amide bonds. The molecule has 1 aromatic heterocycles. The fraction of sp³-hybridized carbons (Fsp3) is 0.250. The topological polar surface area (TPSA) is 81.4 Å². The zero-order valence-corrected chi connectivity index (χ0v) is 14.1. The zero-order valence-electron chi connectivity index (χ0n) is 14.1. The fourth-order valence-corrected chi connectivity index (χ4v) is 2.99. The molecule has 0 spiro atoms. The molecule has 1 aliphatic heterocycles. The number of aryl methyl sites for hydroxylation is 2. The molecule has 2 aromatic carbocycles. The van der Waals surface area contributed by atoms with Gasteiger partial charge in [0.1, 0.15) is 11.6 Å². The van der Waals surface area contributed by atoms with Crippen LogP contribution in [0.1, 0.15) is 28.2 Å². The minimum atomic E-state index is -0.572. The molecule has 0 saturated carbocycles. The van der Waals surface area contributed by atoms with Crippen LogP contribution < -0.4 is 5.32 Å². The lowest BCUT2D eigenvalue weighted by Gasteiger charge is -2.08. The Morgan fingerprint density at radius 3 is 2.77 bits per heavy atom. The molecule has 2 heterocycles. The van der Waals surface area contributed by atoms with Gasteiger partial charge in [0.25, 0.3) is 5.91 Å². The van der Waals surface area contributed by atoms with Gasteiger partial charge in [0.15, 0.2) is 11.5 Å². The predicted octanol–water partition coefficient (Wildman–Crippen LogP) is 2.66. The number of esters is 1. The van der Waals surface area contributed by atoms with Crippen molar-refractivity contribution in [1.29, 1.82) is 0 Å². The molecule has 1 aliphatic rings. The van der Waals surface area contributed by atoms with E-state index >= 15 is 0 Å². The van der Waals surface area contributed by atoms with Crippen molar-refractivity contribution < 1.29 is 18.7 Å². The van der Waals surface area contributed by atoms with E-state index in [0.717, 1.165) is 6.42 Å². The number of carbonyl (C=O) groups excluding carboxylic acids is 2. The summed E-state index contributed by atoms with van der Waals surface area (Å²) < 4.78 is 10.6. The maximum absolute atomic E-state index is 12.3. The average Bonchev–Trinajstić information content (AvgIpc) is 3.26. The Kier molecular flexibility index (Phi) is 4.39. The number of nitrogens with one attached hydrogen (secondary N) is 1.